The molecule has 17 nitrogen and oxygen atoms in total. The summed E-state index contributed by atoms with van der Waals surface area (Å²) >= 11 is 0. The molecule has 0 bridgehead atoms. The minimum absolute atomic E-state index is 0.172. The molecule has 1 aliphatic heterocycles. The van der Waals surface area contributed by atoms with Crippen LogP contribution in [0.2, 0.25) is 0 Å². The third-order valence-electron chi connectivity index (χ3n) is 3.07. The molecule has 1 heterocycles. The summed E-state index contributed by atoms with van der Waals surface area (Å²) in [6.07, 6.45) is -8.67. The summed E-state index contributed by atoms with van der Waals surface area (Å²) in [7, 11) is 0. The first-order valence-electron chi connectivity index (χ1n) is 8.47. The van der Waals surface area contributed by atoms with Gasteiger partial charge in [-0.15, -0.1) is 0 Å². The molecule has 33 heavy (non-hydrogen) atoms. The highest BCUT2D eigenvalue weighted by Crippen LogP contribution is 2.04. The SMILES string of the molecule is O=C(O)C(O)C(O)C(=O)O.O=C1CCC(=O)O1.O=CCCC(=O)OC(C(=O)O)C(O)C(=O)O. The Balaban J connectivity index is 0. The quantitative estimate of drug-likeness (QED) is 0.0886. The number of carboxylic acid groups (broad SMARTS) is 4. The molecule has 0 amide bonds. The number of cyclic esters (lactones) is 2. The summed E-state index contributed by atoms with van der Waals surface area (Å²) in [4.78, 5) is 81.1. The van der Waals surface area contributed by atoms with Gasteiger partial charge in [0, 0.05) is 6.42 Å². The number of aliphatic hydroxyl groups excluding tert-OH is 3. The van der Waals surface area contributed by atoms with Gasteiger partial charge in [0.25, 0.3) is 0 Å². The van der Waals surface area contributed by atoms with Gasteiger partial charge >= 0.3 is 41.8 Å². The number of aldehydes is 1. The highest BCUT2D eigenvalue weighted by atomic mass is 16.6. The van der Waals surface area contributed by atoms with E-state index in [1.54, 1.807) is 0 Å². The van der Waals surface area contributed by atoms with Crippen molar-refractivity contribution < 1.29 is 83.6 Å². The topological polar surface area (TPSA) is 297 Å². The summed E-state index contributed by atoms with van der Waals surface area (Å²) in [5.41, 5.74) is 0. The summed E-state index contributed by atoms with van der Waals surface area (Å²) < 4.78 is 8.29. The van der Waals surface area contributed by atoms with Crippen molar-refractivity contribution in [1.82, 2.24) is 0 Å². The molecule has 0 aromatic carbocycles. The van der Waals surface area contributed by atoms with E-state index in [1.807, 2.05) is 0 Å². The molecule has 1 rings (SSSR count). The minimum Gasteiger partial charge on any atom is -0.479 e. The number of rotatable bonds is 10. The lowest BCUT2D eigenvalue weighted by Gasteiger charge is -2.15. The summed E-state index contributed by atoms with van der Waals surface area (Å²) in [6.45, 7) is 0. The van der Waals surface area contributed by atoms with Gasteiger partial charge in [0.05, 0.1) is 19.3 Å². The molecule has 4 atom stereocenters. The molecule has 186 valence electrons. The van der Waals surface area contributed by atoms with E-state index >= 15 is 0 Å². The van der Waals surface area contributed by atoms with Gasteiger partial charge in [-0.1, -0.05) is 0 Å². The van der Waals surface area contributed by atoms with Gasteiger partial charge in [-0.3, -0.25) is 14.4 Å². The molecule has 0 aliphatic carbocycles. The number of ether oxygens (including phenoxy) is 2. The largest absolute Gasteiger partial charge is 0.479 e. The second-order valence-corrected chi connectivity index (χ2v) is 5.65. The smallest absolute Gasteiger partial charge is 0.348 e. The Morgan fingerprint density at radius 1 is 0.788 bits per heavy atom. The Labute approximate surface area is 182 Å². The van der Waals surface area contributed by atoms with Crippen molar-refractivity contribution in [2.75, 3.05) is 0 Å². The van der Waals surface area contributed by atoms with Gasteiger partial charge < -0.3 is 50.0 Å². The van der Waals surface area contributed by atoms with Gasteiger partial charge in [0.1, 0.15) is 6.29 Å². The van der Waals surface area contributed by atoms with E-state index < -0.39 is 66.2 Å². The van der Waals surface area contributed by atoms with Crippen molar-refractivity contribution >= 4 is 48.1 Å². The van der Waals surface area contributed by atoms with Crippen LogP contribution in [0.1, 0.15) is 25.7 Å². The van der Waals surface area contributed by atoms with Crippen LogP contribution in [0.25, 0.3) is 0 Å². The zero-order chi connectivity index (χ0) is 26.3. The van der Waals surface area contributed by atoms with E-state index in [0.29, 0.717) is 6.29 Å². The standard InChI is InChI=1S/C8H10O8.C4H6O6.C4H4O3/c9-3-1-2-4(10)16-6(8(14)15)5(11)7(12)13;5-1(3(7)8)2(6)4(9)10;5-3-1-2-4(6)7-3/h3,5-6,11H,1-2H2,(H,12,13)(H,14,15);1-2,5-6H,(H,7,8)(H,9,10);1-2H2. The van der Waals surface area contributed by atoms with Gasteiger partial charge in [0.15, 0.2) is 18.3 Å². The molecule has 0 spiro atoms. The van der Waals surface area contributed by atoms with Crippen molar-refractivity contribution in [3.8, 4) is 0 Å². The molecule has 7 N–H and O–H groups in total. The highest BCUT2D eigenvalue weighted by Gasteiger charge is 2.35. The number of aliphatic carboxylic acids is 4. The van der Waals surface area contributed by atoms with Crippen LogP contribution in [-0.2, 0) is 47.8 Å². The van der Waals surface area contributed by atoms with Crippen LogP contribution in [0.5, 0.6) is 0 Å². The van der Waals surface area contributed by atoms with Crippen LogP contribution in [0.3, 0.4) is 0 Å². The number of carboxylic acids is 4. The minimum atomic E-state index is -2.35. The maximum atomic E-state index is 10.9. The average molecular weight is 484 g/mol. The van der Waals surface area contributed by atoms with Crippen LogP contribution in [0.4, 0.5) is 0 Å². The molecule has 0 radical (unpaired) electrons. The Hall–Kier alpha value is -3.96. The van der Waals surface area contributed by atoms with Gasteiger partial charge in [-0.2, -0.15) is 0 Å². The molecule has 0 saturated carbocycles. The Morgan fingerprint density at radius 2 is 1.18 bits per heavy atom. The lowest BCUT2D eigenvalue weighted by molar-refractivity contribution is -0.178. The number of aliphatic hydroxyl groups is 3. The number of carbonyl (C=O) groups excluding carboxylic acids is 4. The highest BCUT2D eigenvalue weighted by molar-refractivity contribution is 5.92. The molecular formula is C16H20O17. The number of esters is 3. The first-order valence-corrected chi connectivity index (χ1v) is 8.47. The Bertz CT molecular complexity index is 724. The molecular weight excluding hydrogens is 464 g/mol. The zero-order valence-electron chi connectivity index (χ0n) is 16.4. The summed E-state index contributed by atoms with van der Waals surface area (Å²) in [5.74, 6) is -9.01. The second-order valence-electron chi connectivity index (χ2n) is 5.65. The fourth-order valence-corrected chi connectivity index (χ4v) is 1.46. The third-order valence-corrected chi connectivity index (χ3v) is 3.07. The van der Waals surface area contributed by atoms with Gasteiger partial charge in [-0.05, 0) is 0 Å². The van der Waals surface area contributed by atoms with Crippen LogP contribution in [0.15, 0.2) is 0 Å². The second kappa shape index (κ2) is 15.8. The predicted octanol–water partition coefficient (Wildman–Crippen LogP) is -3.87. The summed E-state index contributed by atoms with van der Waals surface area (Å²) in [5, 5.41) is 58.3. The molecule has 1 fully saturated rings. The molecule has 1 saturated heterocycles. The van der Waals surface area contributed by atoms with E-state index in [0.717, 1.165) is 0 Å². The molecule has 4 unspecified atom stereocenters. The number of carbonyl (C=O) groups is 8. The first-order chi connectivity index (χ1) is 15.1. The number of hydrogen-bond acceptors (Lipinski definition) is 13. The van der Waals surface area contributed by atoms with Crippen molar-refractivity contribution in [2.45, 2.75) is 50.1 Å². The van der Waals surface area contributed by atoms with E-state index in [-0.39, 0.29) is 25.7 Å². The van der Waals surface area contributed by atoms with E-state index in [2.05, 4.69) is 9.47 Å². The average Bonchev–Trinajstić information content (AvgIpc) is 3.11. The third kappa shape index (κ3) is 13.9. The van der Waals surface area contributed by atoms with Crippen LogP contribution < -0.4 is 0 Å². The van der Waals surface area contributed by atoms with Crippen molar-refractivity contribution in [2.24, 2.45) is 0 Å². The van der Waals surface area contributed by atoms with E-state index in [1.165, 1.54) is 0 Å². The van der Waals surface area contributed by atoms with Crippen molar-refractivity contribution in [1.29, 1.82) is 0 Å². The Kier molecular flexibility index (Phi) is 14.9. The van der Waals surface area contributed by atoms with Crippen molar-refractivity contribution in [3.05, 3.63) is 0 Å². The van der Waals surface area contributed by atoms with Gasteiger partial charge in [-0.25, -0.2) is 19.2 Å². The van der Waals surface area contributed by atoms with E-state index in [9.17, 15) is 38.4 Å². The van der Waals surface area contributed by atoms with Crippen molar-refractivity contribution in [3.63, 3.8) is 0 Å². The fourth-order valence-electron chi connectivity index (χ4n) is 1.46. The first kappa shape index (κ1) is 31.2. The maximum absolute atomic E-state index is 10.9. The fraction of sp³-hybridized carbons (Fsp3) is 0.500. The van der Waals surface area contributed by atoms with Gasteiger partial charge in [0.2, 0.25) is 6.10 Å². The monoisotopic (exact) mass is 484 g/mol. The molecule has 17 heteroatoms. The Morgan fingerprint density at radius 3 is 1.42 bits per heavy atom. The van der Waals surface area contributed by atoms with Crippen LogP contribution >= 0.6 is 0 Å². The van der Waals surface area contributed by atoms with E-state index in [4.69, 9.17) is 35.7 Å². The normalized spacial score (nSPS) is 15.6. The number of hydrogen-bond donors (Lipinski definition) is 7. The zero-order valence-corrected chi connectivity index (χ0v) is 16.4. The molecule has 1 aliphatic rings. The molecule has 0 aromatic rings. The van der Waals surface area contributed by atoms with Crippen LogP contribution in [0, 0.1) is 0 Å². The lowest BCUT2D eigenvalue weighted by atomic mass is 10.2. The molecule has 0 aromatic heterocycles. The lowest BCUT2D eigenvalue weighted by Crippen LogP contribution is -2.42. The summed E-state index contributed by atoms with van der Waals surface area (Å²) in [6, 6.07) is 0. The maximum Gasteiger partial charge on any atom is 0.348 e. The predicted molar refractivity (Wildman–Crippen MR) is 94.1 cm³/mol. The van der Waals surface area contributed by atoms with Crippen LogP contribution in [-0.4, -0.2) is 108 Å².